The second kappa shape index (κ2) is 8.37. The maximum atomic E-state index is 12.4. The molecule has 0 saturated carbocycles. The first kappa shape index (κ1) is 18.5. The molecule has 1 saturated heterocycles. The molecule has 1 unspecified atom stereocenters. The molecule has 0 aromatic carbocycles. The predicted octanol–water partition coefficient (Wildman–Crippen LogP) is 0.960. The van der Waals surface area contributed by atoms with Gasteiger partial charge in [-0.3, -0.25) is 19.2 Å². The fourth-order valence-electron chi connectivity index (χ4n) is 2.67. The van der Waals surface area contributed by atoms with Crippen LogP contribution in [0.2, 0.25) is 0 Å². The van der Waals surface area contributed by atoms with Crippen LogP contribution in [-0.2, 0) is 34.0 Å². The minimum absolute atomic E-state index is 0.108. The van der Waals surface area contributed by atoms with Crippen LogP contribution in [0.3, 0.4) is 0 Å². The lowest BCUT2D eigenvalue weighted by Crippen LogP contribution is -2.32. The van der Waals surface area contributed by atoms with Gasteiger partial charge in [0.1, 0.15) is 11.6 Å². The number of carbonyl (C=O) groups is 2. The van der Waals surface area contributed by atoms with Crippen LogP contribution in [0.4, 0.5) is 5.13 Å². The highest BCUT2D eigenvalue weighted by Crippen LogP contribution is 2.28. The number of hydrogen-bond acceptors (Lipinski definition) is 7. The maximum Gasteiger partial charge on any atom is 0.229 e. The molecule has 1 aliphatic heterocycles. The van der Waals surface area contributed by atoms with Crippen molar-refractivity contribution in [3.8, 4) is 0 Å². The molecule has 3 rings (SSSR count). The van der Waals surface area contributed by atoms with Crippen LogP contribution in [-0.4, -0.2) is 44.9 Å². The average Bonchev–Trinajstić information content (AvgIpc) is 3.37. The summed E-state index contributed by atoms with van der Waals surface area (Å²) in [5.74, 6) is -0.629. The van der Waals surface area contributed by atoms with Gasteiger partial charge in [-0.15, -0.1) is 10.2 Å². The fraction of sp³-hybridized carbons (Fsp3) is 0.562. The zero-order chi connectivity index (χ0) is 18.5. The van der Waals surface area contributed by atoms with Gasteiger partial charge in [-0.25, -0.2) is 0 Å². The lowest BCUT2D eigenvalue weighted by molar-refractivity contribution is -0.126. The van der Waals surface area contributed by atoms with Crippen molar-refractivity contribution >= 4 is 28.3 Å². The van der Waals surface area contributed by atoms with Crippen LogP contribution in [0.5, 0.6) is 0 Å². The number of anilines is 1. The van der Waals surface area contributed by atoms with Crippen LogP contribution in [0.15, 0.2) is 12.4 Å². The van der Waals surface area contributed by atoms with Gasteiger partial charge in [0.25, 0.3) is 0 Å². The number of aryl methyl sites for hydroxylation is 1. The third-order valence-corrected chi connectivity index (χ3v) is 5.01. The molecule has 26 heavy (non-hydrogen) atoms. The Morgan fingerprint density at radius 2 is 2.27 bits per heavy atom. The summed E-state index contributed by atoms with van der Waals surface area (Å²) in [4.78, 5) is 26.2. The Morgan fingerprint density at radius 1 is 1.42 bits per heavy atom. The van der Waals surface area contributed by atoms with Gasteiger partial charge in [0.15, 0.2) is 0 Å². The van der Waals surface area contributed by atoms with Gasteiger partial charge in [0.05, 0.1) is 12.1 Å². The minimum Gasteiger partial charge on any atom is -0.374 e. The van der Waals surface area contributed by atoms with Crippen molar-refractivity contribution < 1.29 is 14.3 Å². The van der Waals surface area contributed by atoms with E-state index >= 15 is 0 Å². The van der Waals surface area contributed by atoms with E-state index in [9.17, 15) is 9.59 Å². The number of nitrogens with one attached hydrogen (secondary N) is 1. The second-order valence-corrected chi connectivity index (χ2v) is 6.98. The van der Waals surface area contributed by atoms with Gasteiger partial charge in [-0.05, 0) is 13.8 Å². The quantitative estimate of drug-likeness (QED) is 0.734. The summed E-state index contributed by atoms with van der Waals surface area (Å²) in [6, 6.07) is 0. The SMILES string of the molecule is CCOCc1nnc(N2CC(C(=O)NCc3cnn(CC)c3)CC2=O)s1. The molecule has 0 spiro atoms. The molecule has 1 aliphatic rings. The lowest BCUT2D eigenvalue weighted by atomic mass is 10.1. The van der Waals surface area contributed by atoms with E-state index in [4.69, 9.17) is 4.74 Å². The number of nitrogens with zero attached hydrogens (tertiary/aromatic N) is 5. The van der Waals surface area contributed by atoms with Gasteiger partial charge < -0.3 is 10.1 Å². The zero-order valence-corrected chi connectivity index (χ0v) is 15.7. The van der Waals surface area contributed by atoms with E-state index < -0.39 is 0 Å². The van der Waals surface area contributed by atoms with Gasteiger partial charge in [0.2, 0.25) is 16.9 Å². The second-order valence-electron chi connectivity index (χ2n) is 5.94. The Balaban J connectivity index is 1.54. The molecular weight excluding hydrogens is 356 g/mol. The third kappa shape index (κ3) is 4.25. The number of amides is 2. The topological polar surface area (TPSA) is 102 Å². The predicted molar refractivity (Wildman–Crippen MR) is 95.4 cm³/mol. The molecule has 1 N–H and O–H groups in total. The number of ether oxygens (including phenoxy) is 1. The first-order chi connectivity index (χ1) is 12.6. The normalized spacial score (nSPS) is 17.1. The van der Waals surface area contributed by atoms with Crippen LogP contribution in [0, 0.1) is 5.92 Å². The Morgan fingerprint density at radius 3 is 3.00 bits per heavy atom. The maximum absolute atomic E-state index is 12.4. The molecule has 0 bridgehead atoms. The third-order valence-electron chi connectivity index (χ3n) is 4.09. The standard InChI is InChI=1S/C16H22N6O3S/c1-3-21-8-11(7-18-21)6-17-15(24)12-5-14(23)22(9-12)16-20-19-13(26-16)10-25-4-2/h7-8,12H,3-6,9-10H2,1-2H3,(H,17,24). The Kier molecular flexibility index (Phi) is 5.94. The molecule has 0 radical (unpaired) electrons. The smallest absolute Gasteiger partial charge is 0.229 e. The van der Waals surface area contributed by atoms with Crippen molar-refractivity contribution in [2.75, 3.05) is 18.1 Å². The highest BCUT2D eigenvalue weighted by atomic mass is 32.1. The Labute approximate surface area is 155 Å². The van der Waals surface area contributed by atoms with E-state index in [2.05, 4.69) is 20.6 Å². The van der Waals surface area contributed by atoms with Crippen LogP contribution in [0.25, 0.3) is 0 Å². The van der Waals surface area contributed by atoms with Crippen LogP contribution < -0.4 is 10.2 Å². The van der Waals surface area contributed by atoms with Gasteiger partial charge in [-0.2, -0.15) is 5.10 Å². The number of hydrogen-bond donors (Lipinski definition) is 1. The first-order valence-corrected chi connectivity index (χ1v) is 9.41. The number of aromatic nitrogens is 4. The van der Waals surface area contributed by atoms with Gasteiger partial charge >= 0.3 is 0 Å². The molecule has 0 aliphatic carbocycles. The molecular formula is C16H22N6O3S. The summed E-state index contributed by atoms with van der Waals surface area (Å²) in [6.45, 7) is 6.39. The monoisotopic (exact) mass is 378 g/mol. The lowest BCUT2D eigenvalue weighted by Gasteiger charge is -2.12. The largest absolute Gasteiger partial charge is 0.374 e. The van der Waals surface area contributed by atoms with Crippen molar-refractivity contribution in [1.29, 1.82) is 0 Å². The number of rotatable bonds is 8. The summed E-state index contributed by atoms with van der Waals surface area (Å²) < 4.78 is 7.10. The molecule has 2 amide bonds. The molecule has 3 heterocycles. The van der Waals surface area contributed by atoms with Crippen LogP contribution >= 0.6 is 11.3 Å². The molecule has 1 atom stereocenters. The summed E-state index contributed by atoms with van der Waals surface area (Å²) >= 11 is 1.32. The Bertz CT molecular complexity index is 774. The summed E-state index contributed by atoms with van der Waals surface area (Å²) in [5.41, 5.74) is 0.936. The molecule has 2 aromatic rings. The molecule has 10 heteroatoms. The van der Waals surface area contributed by atoms with Gasteiger partial charge in [-0.1, -0.05) is 11.3 Å². The van der Waals surface area contributed by atoms with Crippen molar-refractivity contribution in [2.24, 2.45) is 5.92 Å². The molecule has 1 fully saturated rings. The van der Waals surface area contributed by atoms with Crippen LogP contribution in [0.1, 0.15) is 30.8 Å². The van der Waals surface area contributed by atoms with E-state index in [-0.39, 0.29) is 24.2 Å². The zero-order valence-electron chi connectivity index (χ0n) is 14.8. The Hall–Kier alpha value is -2.33. The highest BCUT2D eigenvalue weighted by molar-refractivity contribution is 7.15. The average molecular weight is 378 g/mol. The van der Waals surface area contributed by atoms with Crippen molar-refractivity contribution in [1.82, 2.24) is 25.3 Å². The van der Waals surface area contributed by atoms with E-state index in [1.807, 2.05) is 20.0 Å². The summed E-state index contributed by atoms with van der Waals surface area (Å²) in [7, 11) is 0. The summed E-state index contributed by atoms with van der Waals surface area (Å²) in [6.07, 6.45) is 3.81. The van der Waals surface area contributed by atoms with E-state index in [0.717, 1.165) is 17.1 Å². The van der Waals surface area contributed by atoms with Crippen molar-refractivity contribution in [3.05, 3.63) is 23.0 Å². The van der Waals surface area contributed by atoms with E-state index in [1.165, 1.54) is 16.2 Å². The highest BCUT2D eigenvalue weighted by Gasteiger charge is 2.36. The molecule has 140 valence electrons. The van der Waals surface area contributed by atoms with Crippen molar-refractivity contribution in [2.45, 2.75) is 40.0 Å². The van der Waals surface area contributed by atoms with E-state index in [0.29, 0.717) is 31.4 Å². The van der Waals surface area contributed by atoms with Gasteiger partial charge in [0, 0.05) is 44.4 Å². The minimum atomic E-state index is -0.386. The molecule has 9 nitrogen and oxygen atoms in total. The van der Waals surface area contributed by atoms with Crippen molar-refractivity contribution in [3.63, 3.8) is 0 Å². The fourth-order valence-corrected chi connectivity index (χ4v) is 3.48. The number of carbonyl (C=O) groups excluding carboxylic acids is 2. The summed E-state index contributed by atoms with van der Waals surface area (Å²) in [5, 5.41) is 16.4. The first-order valence-electron chi connectivity index (χ1n) is 8.60. The molecule has 2 aromatic heterocycles. The van der Waals surface area contributed by atoms with E-state index in [1.54, 1.807) is 10.9 Å².